The topological polar surface area (TPSA) is 122 Å². The number of amides is 2. The third-order valence-corrected chi connectivity index (χ3v) is 11.0. The van der Waals surface area contributed by atoms with Crippen molar-refractivity contribution in [2.75, 3.05) is 26.2 Å². The SMILES string of the molecule is Cc1ccccc1-c1nc(C)c(C(=O)N2CC[C@@H](C(=O)N3CCC(O)(Cn4cnc5cccnc5c4=O)CC3)[C@H](c3ccccc3)C2)s1. The molecule has 0 unspecified atom stereocenters. The van der Waals surface area contributed by atoms with Gasteiger partial charge in [0.25, 0.3) is 11.5 Å². The van der Waals surface area contributed by atoms with Crippen LogP contribution in [0.15, 0.2) is 84.0 Å². The van der Waals surface area contributed by atoms with E-state index in [2.05, 4.69) is 9.97 Å². The largest absolute Gasteiger partial charge is 0.388 e. The summed E-state index contributed by atoms with van der Waals surface area (Å²) in [7, 11) is 0. The van der Waals surface area contributed by atoms with Crippen molar-refractivity contribution in [3.05, 3.63) is 111 Å². The lowest BCUT2D eigenvalue weighted by atomic mass is 9.79. The molecule has 2 saturated heterocycles. The van der Waals surface area contributed by atoms with E-state index in [9.17, 15) is 19.5 Å². The number of carbonyl (C=O) groups is 2. The first-order valence-electron chi connectivity index (χ1n) is 16.4. The molecule has 246 valence electrons. The highest BCUT2D eigenvalue weighted by molar-refractivity contribution is 7.17. The van der Waals surface area contributed by atoms with Crippen LogP contribution < -0.4 is 5.56 Å². The van der Waals surface area contributed by atoms with Crippen LogP contribution in [0.4, 0.5) is 0 Å². The first-order valence-corrected chi connectivity index (χ1v) is 17.2. The van der Waals surface area contributed by atoms with Gasteiger partial charge in [-0.3, -0.25) is 19.0 Å². The van der Waals surface area contributed by atoms with Gasteiger partial charge in [-0.2, -0.15) is 0 Å². The fourth-order valence-corrected chi connectivity index (χ4v) is 8.21. The number of carbonyl (C=O) groups excluding carboxylic acids is 2. The van der Waals surface area contributed by atoms with Crippen molar-refractivity contribution >= 4 is 34.2 Å². The second kappa shape index (κ2) is 13.0. The summed E-state index contributed by atoms with van der Waals surface area (Å²) in [5.41, 5.74) is 3.23. The number of aryl methyl sites for hydroxylation is 2. The number of rotatable bonds is 6. The molecule has 5 aromatic rings. The number of nitrogens with zero attached hydrogens (tertiary/aromatic N) is 6. The molecule has 3 aromatic heterocycles. The van der Waals surface area contributed by atoms with Gasteiger partial charge in [0.05, 0.1) is 29.7 Å². The summed E-state index contributed by atoms with van der Waals surface area (Å²) in [6, 6.07) is 21.5. The molecule has 5 heterocycles. The predicted octanol–water partition coefficient (Wildman–Crippen LogP) is 4.83. The van der Waals surface area contributed by atoms with Crippen molar-refractivity contribution < 1.29 is 14.7 Å². The van der Waals surface area contributed by atoms with Crippen molar-refractivity contribution in [3.63, 3.8) is 0 Å². The second-order valence-electron chi connectivity index (χ2n) is 13.0. The minimum absolute atomic E-state index is 0.0440. The van der Waals surface area contributed by atoms with Gasteiger partial charge in [-0.05, 0) is 56.4 Å². The molecule has 1 N–H and O–H groups in total. The van der Waals surface area contributed by atoms with Crippen LogP contribution in [0.25, 0.3) is 21.6 Å². The van der Waals surface area contributed by atoms with Crippen LogP contribution >= 0.6 is 11.3 Å². The number of aromatic nitrogens is 4. The van der Waals surface area contributed by atoms with Crippen LogP contribution in [0.5, 0.6) is 0 Å². The Hall–Kier alpha value is -4.74. The molecule has 0 aliphatic carbocycles. The van der Waals surface area contributed by atoms with Crippen molar-refractivity contribution in [1.82, 2.24) is 29.3 Å². The average Bonchev–Trinajstić information content (AvgIpc) is 3.50. The quantitative estimate of drug-likeness (QED) is 0.277. The van der Waals surface area contributed by atoms with Crippen molar-refractivity contribution in [3.8, 4) is 10.6 Å². The lowest BCUT2D eigenvalue weighted by molar-refractivity contribution is -0.142. The third-order valence-electron chi connectivity index (χ3n) is 9.87. The summed E-state index contributed by atoms with van der Waals surface area (Å²) in [6.07, 6.45) is 4.23. The van der Waals surface area contributed by atoms with Gasteiger partial charge in [-0.25, -0.2) is 15.0 Å². The van der Waals surface area contributed by atoms with E-state index in [4.69, 9.17) is 4.98 Å². The van der Waals surface area contributed by atoms with Crippen molar-refractivity contribution in [1.29, 1.82) is 0 Å². The lowest BCUT2D eigenvalue weighted by Crippen LogP contribution is -2.53. The van der Waals surface area contributed by atoms with Crippen LogP contribution in [0.1, 0.15) is 51.7 Å². The molecule has 2 atom stereocenters. The van der Waals surface area contributed by atoms with Crippen LogP contribution in [0.3, 0.4) is 0 Å². The molecular weight excluding hydrogens is 625 g/mol. The highest BCUT2D eigenvalue weighted by Gasteiger charge is 2.42. The smallest absolute Gasteiger partial charge is 0.279 e. The Bertz CT molecular complexity index is 2030. The molecule has 2 fully saturated rings. The van der Waals surface area contributed by atoms with E-state index in [1.165, 1.54) is 22.2 Å². The number of pyridine rings is 1. The van der Waals surface area contributed by atoms with Gasteiger partial charge in [-0.15, -0.1) is 11.3 Å². The fourth-order valence-electron chi connectivity index (χ4n) is 7.09. The van der Waals surface area contributed by atoms with Crippen molar-refractivity contribution in [2.45, 2.75) is 51.2 Å². The molecule has 0 radical (unpaired) electrons. The van der Waals surface area contributed by atoms with Crippen LogP contribution in [-0.4, -0.2) is 78.0 Å². The maximum absolute atomic E-state index is 14.2. The normalized spacial score (nSPS) is 19.4. The van der Waals surface area contributed by atoms with E-state index in [0.29, 0.717) is 55.8 Å². The number of likely N-dealkylation sites (tertiary alicyclic amines) is 2. The van der Waals surface area contributed by atoms with Gasteiger partial charge in [0.15, 0.2) is 5.52 Å². The standard InChI is InChI=1S/C37H38N6O4S/c1-24-9-6-7-12-27(24)33-40-25(2)32(48-33)36(46)42-18-14-28(29(21-42)26-10-4-3-5-11-26)34(44)41-19-15-37(47,16-20-41)22-43-23-39-30-13-8-17-38-31(30)35(43)45/h3-13,17,23,28-29,47H,14-16,18-22H2,1-2H3/t28-,29+/m1/s1. The Morgan fingerprint density at radius 2 is 1.69 bits per heavy atom. The summed E-state index contributed by atoms with van der Waals surface area (Å²) in [5.74, 6) is -0.474. The number of aliphatic hydroxyl groups is 1. The summed E-state index contributed by atoms with van der Waals surface area (Å²) < 4.78 is 1.42. The first kappa shape index (κ1) is 31.8. The third kappa shape index (κ3) is 6.15. The average molecular weight is 663 g/mol. The monoisotopic (exact) mass is 662 g/mol. The molecule has 0 bridgehead atoms. The van der Waals surface area contributed by atoms with Crippen LogP contribution in [-0.2, 0) is 11.3 Å². The van der Waals surface area contributed by atoms with Gasteiger partial charge in [-0.1, -0.05) is 54.6 Å². The molecule has 2 amide bonds. The zero-order valence-corrected chi connectivity index (χ0v) is 27.9. The van der Waals surface area contributed by atoms with Gasteiger partial charge < -0.3 is 14.9 Å². The number of thiazole rings is 1. The maximum Gasteiger partial charge on any atom is 0.279 e. The number of fused-ring (bicyclic) bond motifs is 1. The molecule has 48 heavy (non-hydrogen) atoms. The van der Waals surface area contributed by atoms with Crippen molar-refractivity contribution in [2.24, 2.45) is 5.92 Å². The molecule has 11 heteroatoms. The molecule has 2 aliphatic rings. The Morgan fingerprint density at radius 3 is 2.46 bits per heavy atom. The first-order chi connectivity index (χ1) is 23.2. The van der Waals surface area contributed by atoms with E-state index < -0.39 is 5.60 Å². The summed E-state index contributed by atoms with van der Waals surface area (Å²) in [4.78, 5) is 58.8. The van der Waals surface area contributed by atoms with E-state index in [1.54, 1.807) is 18.3 Å². The number of hydrogen-bond acceptors (Lipinski definition) is 8. The zero-order chi connectivity index (χ0) is 33.4. The molecule has 0 saturated carbocycles. The molecule has 7 rings (SSSR count). The summed E-state index contributed by atoms with van der Waals surface area (Å²) in [5, 5.41) is 12.3. The fraction of sp³-hybridized carbons (Fsp3) is 0.351. The minimum atomic E-state index is -1.15. The molecule has 0 spiro atoms. The molecular formula is C37H38N6O4S. The number of hydrogen-bond donors (Lipinski definition) is 1. The summed E-state index contributed by atoms with van der Waals surface area (Å²) >= 11 is 1.43. The van der Waals surface area contributed by atoms with Crippen LogP contribution in [0, 0.1) is 19.8 Å². The minimum Gasteiger partial charge on any atom is -0.388 e. The van der Waals surface area contributed by atoms with E-state index in [0.717, 1.165) is 27.4 Å². The second-order valence-corrected chi connectivity index (χ2v) is 14.0. The zero-order valence-electron chi connectivity index (χ0n) is 27.1. The Morgan fingerprint density at radius 1 is 0.938 bits per heavy atom. The number of piperidine rings is 2. The highest BCUT2D eigenvalue weighted by Crippen LogP contribution is 2.37. The van der Waals surface area contributed by atoms with Gasteiger partial charge in [0, 0.05) is 49.8 Å². The van der Waals surface area contributed by atoms with E-state index in [1.807, 2.05) is 78.2 Å². The molecule has 10 nitrogen and oxygen atoms in total. The Labute approximate surface area is 282 Å². The van der Waals surface area contributed by atoms with Gasteiger partial charge >= 0.3 is 0 Å². The molecule has 2 aliphatic heterocycles. The van der Waals surface area contributed by atoms with E-state index >= 15 is 0 Å². The van der Waals surface area contributed by atoms with E-state index in [-0.39, 0.29) is 41.3 Å². The lowest BCUT2D eigenvalue weighted by Gasteiger charge is -2.43. The Kier molecular flexibility index (Phi) is 8.65. The predicted molar refractivity (Wildman–Crippen MR) is 185 cm³/mol. The summed E-state index contributed by atoms with van der Waals surface area (Å²) in [6.45, 7) is 5.68. The number of benzene rings is 2. The molecule has 2 aromatic carbocycles. The maximum atomic E-state index is 14.2. The van der Waals surface area contributed by atoms with Gasteiger partial charge in [0.1, 0.15) is 9.88 Å². The van der Waals surface area contributed by atoms with Crippen LogP contribution in [0.2, 0.25) is 0 Å². The highest BCUT2D eigenvalue weighted by atomic mass is 32.1. The van der Waals surface area contributed by atoms with Gasteiger partial charge in [0.2, 0.25) is 5.91 Å². The Balaban J connectivity index is 1.06.